The van der Waals surface area contributed by atoms with Crippen LogP contribution in [0.15, 0.2) is 30.5 Å². The number of carboxylic acid groups (broad SMARTS) is 1. The number of ether oxygens (including phenoxy) is 1. The lowest BCUT2D eigenvalue weighted by atomic mass is 10.1. The molecule has 1 aromatic heterocycles. The third kappa shape index (κ3) is 4.00. The lowest BCUT2D eigenvalue weighted by Gasteiger charge is -2.15. The van der Waals surface area contributed by atoms with E-state index in [2.05, 4.69) is 10.3 Å². The topological polar surface area (TPSA) is 91.4 Å². The summed E-state index contributed by atoms with van der Waals surface area (Å²) in [6.07, 6.45) is 1.25. The van der Waals surface area contributed by atoms with E-state index >= 15 is 0 Å². The number of rotatable bonds is 6. The Morgan fingerprint density at radius 2 is 2.05 bits per heavy atom. The predicted molar refractivity (Wildman–Crippen MR) is 82.7 cm³/mol. The monoisotopic (exact) mass is 304 g/mol. The summed E-state index contributed by atoms with van der Waals surface area (Å²) in [5.74, 6) is -0.894. The van der Waals surface area contributed by atoms with Crippen molar-refractivity contribution in [1.29, 1.82) is 0 Å². The summed E-state index contributed by atoms with van der Waals surface area (Å²) >= 11 is 0. The zero-order valence-electron chi connectivity index (χ0n) is 12.6. The quantitative estimate of drug-likeness (QED) is 0.765. The fourth-order valence-electron chi connectivity index (χ4n) is 2.15. The molecule has 0 bridgehead atoms. The molecule has 1 atom stereocenters. The Morgan fingerprint density at radius 3 is 2.73 bits per heavy atom. The van der Waals surface area contributed by atoms with Gasteiger partial charge in [0.2, 0.25) is 0 Å². The lowest BCUT2D eigenvalue weighted by Crippen LogP contribution is -2.42. The average molecular weight is 304 g/mol. The van der Waals surface area contributed by atoms with Crippen LogP contribution in [0.25, 0.3) is 10.9 Å². The van der Waals surface area contributed by atoms with Gasteiger partial charge in [0.25, 0.3) is 0 Å². The van der Waals surface area contributed by atoms with Crippen LogP contribution in [0.3, 0.4) is 0 Å². The fourth-order valence-corrected chi connectivity index (χ4v) is 2.15. The number of aliphatic carboxylic acids is 1. The largest absolute Gasteiger partial charge is 0.480 e. The van der Waals surface area contributed by atoms with Gasteiger partial charge in [-0.1, -0.05) is 32.0 Å². The number of aromatic amines is 1. The van der Waals surface area contributed by atoms with Crippen molar-refractivity contribution in [3.63, 3.8) is 0 Å². The van der Waals surface area contributed by atoms with E-state index in [1.807, 2.05) is 38.1 Å². The maximum Gasteiger partial charge on any atom is 0.407 e. The van der Waals surface area contributed by atoms with Gasteiger partial charge >= 0.3 is 12.1 Å². The van der Waals surface area contributed by atoms with Gasteiger partial charge in [-0.05, 0) is 17.5 Å². The van der Waals surface area contributed by atoms with Crippen molar-refractivity contribution in [3.8, 4) is 0 Å². The number of nitrogens with one attached hydrogen (secondary N) is 2. The molecule has 0 radical (unpaired) electrons. The molecule has 0 spiro atoms. The Kier molecular flexibility index (Phi) is 5.04. The van der Waals surface area contributed by atoms with Crippen LogP contribution in [-0.4, -0.2) is 34.8 Å². The first-order chi connectivity index (χ1) is 10.5. The molecule has 2 aromatic rings. The summed E-state index contributed by atoms with van der Waals surface area (Å²) in [6, 6.07) is 6.59. The SMILES string of the molecule is CC(C)COC(=O)N[C@@H](Cc1c[nH]c2ccccc12)C(=O)O. The number of amides is 1. The molecule has 0 fully saturated rings. The van der Waals surface area contributed by atoms with Crippen LogP contribution in [0.4, 0.5) is 4.79 Å². The molecular formula is C16H20N2O4. The van der Waals surface area contributed by atoms with Crippen molar-refractivity contribution in [2.45, 2.75) is 26.3 Å². The number of carbonyl (C=O) groups excluding carboxylic acids is 1. The highest BCUT2D eigenvalue weighted by Gasteiger charge is 2.22. The van der Waals surface area contributed by atoms with Crippen molar-refractivity contribution >= 4 is 23.0 Å². The van der Waals surface area contributed by atoms with Crippen molar-refractivity contribution in [3.05, 3.63) is 36.0 Å². The van der Waals surface area contributed by atoms with E-state index in [1.54, 1.807) is 6.20 Å². The number of carbonyl (C=O) groups is 2. The van der Waals surface area contributed by atoms with Crippen LogP contribution < -0.4 is 5.32 Å². The highest BCUT2D eigenvalue weighted by atomic mass is 16.5. The summed E-state index contributed by atoms with van der Waals surface area (Å²) in [5.41, 5.74) is 1.77. The highest BCUT2D eigenvalue weighted by Crippen LogP contribution is 2.19. The minimum Gasteiger partial charge on any atom is -0.480 e. The minimum atomic E-state index is -1.09. The first kappa shape index (κ1) is 15.9. The van der Waals surface area contributed by atoms with Crippen molar-refractivity contribution < 1.29 is 19.4 Å². The molecule has 0 unspecified atom stereocenters. The van der Waals surface area contributed by atoms with Gasteiger partial charge < -0.3 is 20.1 Å². The third-order valence-electron chi connectivity index (χ3n) is 3.24. The predicted octanol–water partition coefficient (Wildman–Crippen LogP) is 2.55. The number of aromatic nitrogens is 1. The maximum absolute atomic E-state index is 11.6. The summed E-state index contributed by atoms with van der Waals surface area (Å²) in [4.78, 5) is 26.1. The molecule has 1 aromatic carbocycles. The molecule has 118 valence electrons. The standard InChI is InChI=1S/C16H20N2O4/c1-10(2)9-22-16(21)18-14(15(19)20)7-11-8-17-13-6-4-3-5-12(11)13/h3-6,8,10,14,17H,7,9H2,1-2H3,(H,18,21)(H,19,20)/t14-/m0/s1. The van der Waals surface area contributed by atoms with Gasteiger partial charge in [0.1, 0.15) is 6.04 Å². The Labute approximate surface area is 128 Å². The van der Waals surface area contributed by atoms with Gasteiger partial charge in [0.05, 0.1) is 6.61 Å². The number of fused-ring (bicyclic) bond motifs is 1. The smallest absolute Gasteiger partial charge is 0.407 e. The van der Waals surface area contributed by atoms with E-state index in [1.165, 1.54) is 0 Å². The second-order valence-corrected chi connectivity index (χ2v) is 5.59. The number of para-hydroxylation sites is 1. The van der Waals surface area contributed by atoms with E-state index in [9.17, 15) is 14.7 Å². The maximum atomic E-state index is 11.6. The van der Waals surface area contributed by atoms with E-state index in [0.717, 1.165) is 16.5 Å². The minimum absolute atomic E-state index is 0.191. The van der Waals surface area contributed by atoms with Gasteiger partial charge in [-0.3, -0.25) is 0 Å². The van der Waals surface area contributed by atoms with Gasteiger partial charge in [-0.15, -0.1) is 0 Å². The Hall–Kier alpha value is -2.50. The van der Waals surface area contributed by atoms with Gasteiger partial charge in [0, 0.05) is 23.5 Å². The molecule has 3 N–H and O–H groups in total. The molecule has 22 heavy (non-hydrogen) atoms. The lowest BCUT2D eigenvalue weighted by molar-refractivity contribution is -0.139. The van der Waals surface area contributed by atoms with Crippen LogP contribution >= 0.6 is 0 Å². The second-order valence-electron chi connectivity index (χ2n) is 5.59. The zero-order chi connectivity index (χ0) is 16.1. The molecule has 2 rings (SSSR count). The van der Waals surface area contributed by atoms with Gasteiger partial charge in [0.15, 0.2) is 0 Å². The molecule has 0 saturated carbocycles. The Balaban J connectivity index is 2.06. The molecular weight excluding hydrogens is 284 g/mol. The van der Waals surface area contributed by atoms with Crippen molar-refractivity contribution in [1.82, 2.24) is 10.3 Å². The molecule has 1 amide bonds. The first-order valence-electron chi connectivity index (χ1n) is 7.18. The summed E-state index contributed by atoms with van der Waals surface area (Å²) < 4.78 is 4.97. The number of alkyl carbamates (subject to hydrolysis) is 1. The Bertz CT molecular complexity index is 663. The van der Waals surface area contributed by atoms with Crippen LogP contribution in [-0.2, 0) is 16.0 Å². The number of benzene rings is 1. The summed E-state index contributed by atoms with van der Waals surface area (Å²) in [7, 11) is 0. The molecule has 0 aliphatic heterocycles. The van der Waals surface area contributed by atoms with Crippen LogP contribution in [0, 0.1) is 5.92 Å². The van der Waals surface area contributed by atoms with E-state index in [-0.39, 0.29) is 18.9 Å². The fraction of sp³-hybridized carbons (Fsp3) is 0.375. The normalized spacial score (nSPS) is 12.3. The molecule has 6 nitrogen and oxygen atoms in total. The average Bonchev–Trinajstić information content (AvgIpc) is 2.87. The zero-order valence-corrected chi connectivity index (χ0v) is 12.6. The number of carboxylic acids is 1. The molecule has 1 heterocycles. The van der Waals surface area contributed by atoms with Crippen LogP contribution in [0.1, 0.15) is 19.4 Å². The van der Waals surface area contributed by atoms with E-state index in [4.69, 9.17) is 4.74 Å². The van der Waals surface area contributed by atoms with Crippen molar-refractivity contribution in [2.75, 3.05) is 6.61 Å². The summed E-state index contributed by atoms with van der Waals surface area (Å²) in [5, 5.41) is 12.6. The van der Waals surface area contributed by atoms with E-state index in [0.29, 0.717) is 0 Å². The van der Waals surface area contributed by atoms with Crippen LogP contribution in [0.2, 0.25) is 0 Å². The third-order valence-corrected chi connectivity index (χ3v) is 3.24. The Morgan fingerprint density at radius 1 is 1.32 bits per heavy atom. The van der Waals surface area contributed by atoms with Gasteiger partial charge in [-0.2, -0.15) is 0 Å². The number of hydrogen-bond acceptors (Lipinski definition) is 3. The summed E-state index contributed by atoms with van der Waals surface area (Å²) in [6.45, 7) is 4.08. The number of hydrogen-bond donors (Lipinski definition) is 3. The van der Waals surface area contributed by atoms with Gasteiger partial charge in [-0.25, -0.2) is 9.59 Å². The van der Waals surface area contributed by atoms with Crippen LogP contribution in [0.5, 0.6) is 0 Å². The second kappa shape index (κ2) is 6.98. The molecule has 6 heteroatoms. The van der Waals surface area contributed by atoms with Crippen molar-refractivity contribution in [2.24, 2.45) is 5.92 Å². The van der Waals surface area contributed by atoms with E-state index < -0.39 is 18.1 Å². The first-order valence-corrected chi connectivity index (χ1v) is 7.18. The molecule has 0 aliphatic rings. The highest BCUT2D eigenvalue weighted by molar-refractivity contribution is 5.85. The molecule has 0 saturated heterocycles. The molecule has 0 aliphatic carbocycles. The number of H-pyrrole nitrogens is 1.